The molecule has 0 spiro atoms. The number of carbonyl (C=O) groups is 1. The van der Waals surface area contributed by atoms with E-state index in [4.69, 9.17) is 14.2 Å². The van der Waals surface area contributed by atoms with Crippen LogP contribution in [0.25, 0.3) is 0 Å². The molecule has 2 fully saturated rings. The van der Waals surface area contributed by atoms with Crippen molar-refractivity contribution in [1.29, 1.82) is 0 Å². The second-order valence-electron chi connectivity index (χ2n) is 7.88. The van der Waals surface area contributed by atoms with Gasteiger partial charge in [-0.2, -0.15) is 0 Å². The lowest BCUT2D eigenvalue weighted by atomic mass is 9.71. The minimum atomic E-state index is -0.404. The monoisotopic (exact) mass is 381 g/mol. The van der Waals surface area contributed by atoms with Gasteiger partial charge in [0.2, 0.25) is 6.29 Å². The van der Waals surface area contributed by atoms with E-state index in [-0.39, 0.29) is 24.3 Å². The summed E-state index contributed by atoms with van der Waals surface area (Å²) in [6.45, 7) is 5.08. The second kappa shape index (κ2) is 10.4. The minimum Gasteiger partial charge on any atom is -0.459 e. The molecular weight excluding hydrogens is 346 g/mol. The summed E-state index contributed by atoms with van der Waals surface area (Å²) in [5.74, 6) is 1.46. The number of hydrogen-bond donors (Lipinski definition) is 1. The van der Waals surface area contributed by atoms with Crippen molar-refractivity contribution < 1.29 is 24.1 Å². The van der Waals surface area contributed by atoms with Crippen molar-refractivity contribution in [2.45, 2.75) is 58.2 Å². The van der Waals surface area contributed by atoms with Gasteiger partial charge in [-0.15, -0.1) is 0 Å². The molecule has 2 aliphatic heterocycles. The maximum atomic E-state index is 13.0. The molecule has 0 bridgehead atoms. The summed E-state index contributed by atoms with van der Waals surface area (Å²) in [4.78, 5) is 14.9. The van der Waals surface area contributed by atoms with Gasteiger partial charge < -0.3 is 24.2 Å². The fourth-order valence-electron chi connectivity index (χ4n) is 4.76. The third-order valence-electron chi connectivity index (χ3n) is 6.16. The minimum absolute atomic E-state index is 0.0376. The Bertz CT molecular complexity index is 497. The van der Waals surface area contributed by atoms with Crippen LogP contribution >= 0.6 is 0 Å². The van der Waals surface area contributed by atoms with Gasteiger partial charge in [0.15, 0.2) is 5.76 Å². The van der Waals surface area contributed by atoms with Crippen molar-refractivity contribution >= 4 is 5.91 Å². The number of morpholine rings is 1. The lowest BCUT2D eigenvalue weighted by Gasteiger charge is -2.42. The SMILES string of the molecule is CCOC1OC(C(=O)N2CCOCC2)=CC(C2CCCCC2)C1CCCO. The fourth-order valence-corrected chi connectivity index (χ4v) is 4.76. The van der Waals surface area contributed by atoms with E-state index in [1.165, 1.54) is 32.1 Å². The summed E-state index contributed by atoms with van der Waals surface area (Å²) in [5, 5.41) is 9.35. The summed E-state index contributed by atoms with van der Waals surface area (Å²) in [5.41, 5.74) is 0. The van der Waals surface area contributed by atoms with E-state index in [1.807, 2.05) is 11.8 Å². The maximum Gasteiger partial charge on any atom is 0.288 e. The highest BCUT2D eigenvalue weighted by atomic mass is 16.7. The molecule has 3 rings (SSSR count). The summed E-state index contributed by atoms with van der Waals surface area (Å²) >= 11 is 0. The molecule has 0 radical (unpaired) electrons. The molecule has 3 aliphatic rings. The number of carbonyl (C=O) groups excluding carboxylic acids is 1. The molecule has 0 aromatic rings. The summed E-state index contributed by atoms with van der Waals surface area (Å²) < 4.78 is 17.4. The molecule has 6 heteroatoms. The van der Waals surface area contributed by atoms with Gasteiger partial charge in [-0.1, -0.05) is 19.3 Å². The van der Waals surface area contributed by atoms with Crippen LogP contribution in [0.3, 0.4) is 0 Å². The summed E-state index contributed by atoms with van der Waals surface area (Å²) in [6.07, 6.45) is 9.51. The first-order valence-corrected chi connectivity index (χ1v) is 10.7. The number of aliphatic hydroxyl groups is 1. The van der Waals surface area contributed by atoms with Gasteiger partial charge in [-0.3, -0.25) is 4.79 Å². The first-order valence-electron chi connectivity index (χ1n) is 10.7. The third-order valence-corrected chi connectivity index (χ3v) is 6.16. The molecule has 6 nitrogen and oxygen atoms in total. The van der Waals surface area contributed by atoms with E-state index in [0.717, 1.165) is 12.8 Å². The van der Waals surface area contributed by atoms with Gasteiger partial charge in [0, 0.05) is 32.2 Å². The van der Waals surface area contributed by atoms with Crippen LogP contribution in [0.15, 0.2) is 11.8 Å². The highest BCUT2D eigenvalue weighted by Gasteiger charge is 2.41. The van der Waals surface area contributed by atoms with Crippen LogP contribution in [0.2, 0.25) is 0 Å². The van der Waals surface area contributed by atoms with Gasteiger partial charge in [-0.05, 0) is 50.5 Å². The van der Waals surface area contributed by atoms with Crippen molar-refractivity contribution in [1.82, 2.24) is 4.90 Å². The van der Waals surface area contributed by atoms with Gasteiger partial charge in [0.25, 0.3) is 5.91 Å². The van der Waals surface area contributed by atoms with Crippen LogP contribution in [0.5, 0.6) is 0 Å². The average molecular weight is 382 g/mol. The second-order valence-corrected chi connectivity index (χ2v) is 7.88. The van der Waals surface area contributed by atoms with Crippen LogP contribution in [0, 0.1) is 17.8 Å². The standard InChI is InChI=1S/C21H35NO5/c1-2-26-21-17(9-6-12-23)18(16-7-4-3-5-8-16)15-19(27-21)20(24)22-10-13-25-14-11-22/h15-18,21,23H,2-14H2,1H3. The van der Waals surface area contributed by atoms with Crippen molar-refractivity contribution in [3.8, 4) is 0 Å². The molecule has 1 aliphatic carbocycles. The first-order chi connectivity index (χ1) is 13.2. The van der Waals surface area contributed by atoms with Crippen LogP contribution in [-0.2, 0) is 19.0 Å². The van der Waals surface area contributed by atoms with Gasteiger partial charge in [0.05, 0.1) is 13.2 Å². The Morgan fingerprint density at radius 3 is 2.67 bits per heavy atom. The Balaban J connectivity index is 1.82. The molecule has 0 aromatic heterocycles. The molecule has 1 N–H and O–H groups in total. The average Bonchev–Trinajstić information content (AvgIpc) is 2.73. The smallest absolute Gasteiger partial charge is 0.288 e. The van der Waals surface area contributed by atoms with Crippen LogP contribution in [0.4, 0.5) is 0 Å². The highest BCUT2D eigenvalue weighted by molar-refractivity contribution is 5.91. The molecule has 1 amide bonds. The molecule has 2 heterocycles. The number of ether oxygens (including phenoxy) is 3. The van der Waals surface area contributed by atoms with Gasteiger partial charge in [0.1, 0.15) is 0 Å². The van der Waals surface area contributed by atoms with Crippen molar-refractivity contribution in [2.75, 3.05) is 39.5 Å². The quantitative estimate of drug-likeness (QED) is 0.734. The Labute approximate surface area is 162 Å². The molecule has 1 saturated heterocycles. The van der Waals surface area contributed by atoms with E-state index in [0.29, 0.717) is 44.6 Å². The summed E-state index contributed by atoms with van der Waals surface area (Å²) in [6, 6.07) is 0. The normalized spacial score (nSPS) is 29.9. The van der Waals surface area contributed by atoms with Crippen molar-refractivity contribution in [2.24, 2.45) is 17.8 Å². The lowest BCUT2D eigenvalue weighted by molar-refractivity contribution is -0.180. The molecule has 27 heavy (non-hydrogen) atoms. The number of nitrogens with zero attached hydrogens (tertiary/aromatic N) is 1. The molecule has 154 valence electrons. The predicted molar refractivity (Wildman–Crippen MR) is 102 cm³/mol. The highest BCUT2D eigenvalue weighted by Crippen LogP contribution is 2.42. The van der Waals surface area contributed by atoms with E-state index >= 15 is 0 Å². The summed E-state index contributed by atoms with van der Waals surface area (Å²) in [7, 11) is 0. The maximum absolute atomic E-state index is 13.0. The Morgan fingerprint density at radius 1 is 1.26 bits per heavy atom. The number of aliphatic hydroxyl groups excluding tert-OH is 1. The Kier molecular flexibility index (Phi) is 7.97. The number of hydrogen-bond acceptors (Lipinski definition) is 5. The zero-order chi connectivity index (χ0) is 19.1. The lowest BCUT2D eigenvalue weighted by Crippen LogP contribution is -2.46. The van der Waals surface area contributed by atoms with Crippen LogP contribution in [-0.4, -0.2) is 61.7 Å². The van der Waals surface area contributed by atoms with Crippen molar-refractivity contribution in [3.63, 3.8) is 0 Å². The topological polar surface area (TPSA) is 68.2 Å². The molecule has 1 saturated carbocycles. The number of rotatable bonds is 7. The molecular formula is C21H35NO5. The third kappa shape index (κ3) is 5.24. The first kappa shape index (κ1) is 20.6. The van der Waals surface area contributed by atoms with Gasteiger partial charge in [-0.25, -0.2) is 0 Å². The molecule has 3 atom stereocenters. The van der Waals surface area contributed by atoms with E-state index in [2.05, 4.69) is 6.08 Å². The number of amides is 1. The zero-order valence-electron chi connectivity index (χ0n) is 16.6. The van der Waals surface area contributed by atoms with E-state index in [1.54, 1.807) is 0 Å². The largest absolute Gasteiger partial charge is 0.459 e. The zero-order valence-corrected chi connectivity index (χ0v) is 16.6. The molecule has 3 unspecified atom stereocenters. The van der Waals surface area contributed by atoms with Crippen LogP contribution < -0.4 is 0 Å². The van der Waals surface area contributed by atoms with Gasteiger partial charge >= 0.3 is 0 Å². The molecule has 0 aromatic carbocycles. The van der Waals surface area contributed by atoms with Crippen LogP contribution in [0.1, 0.15) is 51.9 Å². The predicted octanol–water partition coefficient (Wildman–Crippen LogP) is 2.71. The van der Waals surface area contributed by atoms with E-state index in [9.17, 15) is 9.90 Å². The Hall–Kier alpha value is -1.11. The Morgan fingerprint density at radius 2 is 2.00 bits per heavy atom. The fraction of sp³-hybridized carbons (Fsp3) is 0.857. The van der Waals surface area contributed by atoms with Crippen molar-refractivity contribution in [3.05, 3.63) is 11.8 Å². The number of allylic oxidation sites excluding steroid dienone is 1. The van der Waals surface area contributed by atoms with E-state index < -0.39 is 6.29 Å².